The number of nitrogens with zero attached hydrogens (tertiary/aromatic N) is 2. The van der Waals surface area contributed by atoms with Gasteiger partial charge in [0.2, 0.25) is 0 Å². The number of hydrogen-bond donors (Lipinski definition) is 1. The molecule has 2 aromatic heterocycles. The first kappa shape index (κ1) is 15.8. The van der Waals surface area contributed by atoms with Crippen molar-refractivity contribution in [2.24, 2.45) is 0 Å². The normalized spacial score (nSPS) is 14.5. The van der Waals surface area contributed by atoms with Crippen molar-refractivity contribution in [3.05, 3.63) is 66.8 Å². The maximum atomic E-state index is 8.78. The number of aromatic nitrogens is 2. The second kappa shape index (κ2) is 7.98. The zero-order valence-electron chi connectivity index (χ0n) is 12.8. The molecule has 0 spiro atoms. The van der Waals surface area contributed by atoms with Crippen LogP contribution in [0, 0.1) is 0 Å². The summed E-state index contributed by atoms with van der Waals surface area (Å²) in [5.41, 5.74) is 1.36. The van der Waals surface area contributed by atoms with Gasteiger partial charge < -0.3 is 24.1 Å². The van der Waals surface area contributed by atoms with E-state index in [2.05, 4.69) is 9.97 Å². The third-order valence-electron chi connectivity index (χ3n) is 3.07. The van der Waals surface area contributed by atoms with Crippen molar-refractivity contribution in [1.82, 2.24) is 9.97 Å². The minimum Gasteiger partial charge on any atom is -0.486 e. The summed E-state index contributed by atoms with van der Waals surface area (Å²) < 4.78 is 20.6. The molecule has 124 valence electrons. The van der Waals surface area contributed by atoms with Gasteiger partial charge in [-0.2, -0.15) is 0 Å². The van der Waals surface area contributed by atoms with E-state index in [1.807, 2.05) is 18.2 Å². The minimum atomic E-state index is -0.0728. The van der Waals surface area contributed by atoms with Crippen LogP contribution in [0.15, 0.2) is 55.4 Å². The van der Waals surface area contributed by atoms with Crippen molar-refractivity contribution < 1.29 is 24.1 Å². The molecule has 0 aromatic carbocycles. The highest BCUT2D eigenvalue weighted by atomic mass is 16.6. The molecule has 2 aliphatic rings. The molecular formula is C17H16N2O5. The van der Waals surface area contributed by atoms with Gasteiger partial charge in [0.25, 0.3) is 0 Å². The molecule has 0 radical (unpaired) electrons. The monoisotopic (exact) mass is 328 g/mol. The lowest BCUT2D eigenvalue weighted by atomic mass is 10.3. The summed E-state index contributed by atoms with van der Waals surface area (Å²) in [6.07, 6.45) is 7.73. The van der Waals surface area contributed by atoms with E-state index in [4.69, 9.17) is 24.1 Å². The highest BCUT2D eigenvalue weighted by Gasteiger charge is 2.11. The van der Waals surface area contributed by atoms with Gasteiger partial charge in [-0.25, -0.2) is 0 Å². The van der Waals surface area contributed by atoms with Crippen LogP contribution >= 0.6 is 0 Å². The molecule has 4 heterocycles. The molecule has 0 unspecified atom stereocenters. The minimum absolute atomic E-state index is 0.0728. The zero-order chi connectivity index (χ0) is 16.6. The molecule has 7 nitrogen and oxygen atoms in total. The number of rotatable bonds is 2. The topological polar surface area (TPSA) is 82.9 Å². The van der Waals surface area contributed by atoms with Crippen molar-refractivity contribution in [3.8, 4) is 11.5 Å². The first-order valence-electron chi connectivity index (χ1n) is 7.31. The van der Waals surface area contributed by atoms with Crippen LogP contribution < -0.4 is 9.47 Å². The van der Waals surface area contributed by atoms with E-state index in [0.29, 0.717) is 36.2 Å². The van der Waals surface area contributed by atoms with Crippen LogP contribution in [0.1, 0.15) is 11.4 Å². The highest BCUT2D eigenvalue weighted by molar-refractivity contribution is 5.55. The van der Waals surface area contributed by atoms with Gasteiger partial charge in [0.15, 0.2) is 17.3 Å². The Morgan fingerprint density at radius 3 is 2.62 bits per heavy atom. The number of aliphatic hydroxyl groups excluding tert-OH is 1. The lowest BCUT2D eigenvalue weighted by molar-refractivity contribution is 0.169. The molecule has 0 atom stereocenters. The summed E-state index contributed by atoms with van der Waals surface area (Å²) in [7, 11) is 0. The van der Waals surface area contributed by atoms with E-state index in [9.17, 15) is 0 Å². The Hall–Kier alpha value is -3.06. The molecule has 0 bridgehead atoms. The van der Waals surface area contributed by atoms with Crippen LogP contribution in [0.5, 0.6) is 11.5 Å². The summed E-state index contributed by atoms with van der Waals surface area (Å²) >= 11 is 0. The lowest BCUT2D eigenvalue weighted by Gasteiger charge is -2.17. The predicted molar refractivity (Wildman–Crippen MR) is 84.7 cm³/mol. The van der Waals surface area contributed by atoms with Crippen molar-refractivity contribution >= 4 is 5.76 Å². The van der Waals surface area contributed by atoms with Gasteiger partial charge in [0, 0.05) is 12.3 Å². The third kappa shape index (κ3) is 4.02. The predicted octanol–water partition coefficient (Wildman–Crippen LogP) is 2.24. The summed E-state index contributed by atoms with van der Waals surface area (Å²) in [5.74, 6) is 1.94. The van der Waals surface area contributed by atoms with Crippen LogP contribution in [0.25, 0.3) is 5.76 Å². The molecule has 0 saturated carbocycles. The Balaban J connectivity index is 0.000000141. The van der Waals surface area contributed by atoms with Gasteiger partial charge in [-0.05, 0) is 12.1 Å². The van der Waals surface area contributed by atoms with E-state index < -0.39 is 0 Å². The van der Waals surface area contributed by atoms with E-state index in [1.54, 1.807) is 18.5 Å². The first-order chi connectivity index (χ1) is 11.9. The lowest BCUT2D eigenvalue weighted by Crippen LogP contribution is -2.15. The Morgan fingerprint density at radius 1 is 1.04 bits per heavy atom. The smallest absolute Gasteiger partial charge is 0.187 e. The quantitative estimate of drug-likeness (QED) is 0.905. The van der Waals surface area contributed by atoms with E-state index in [0.717, 1.165) is 5.69 Å². The maximum Gasteiger partial charge on any atom is 0.187 e. The SMILES string of the molecule is C1=COC(c2ccccn2)=CO1.OCc1cc2c(cn1)OCCO2. The van der Waals surface area contributed by atoms with E-state index in [1.165, 1.54) is 18.8 Å². The van der Waals surface area contributed by atoms with Crippen LogP contribution in [0.2, 0.25) is 0 Å². The average molecular weight is 328 g/mol. The fourth-order valence-electron chi connectivity index (χ4n) is 1.97. The second-order valence-electron chi connectivity index (χ2n) is 4.70. The number of ether oxygens (including phenoxy) is 4. The molecule has 0 aliphatic carbocycles. The molecule has 0 amide bonds. The van der Waals surface area contributed by atoms with Crippen LogP contribution in [0.4, 0.5) is 0 Å². The standard InChI is InChI=1S/C9H7NO2.C8H9NO3/c1-2-4-10-8(3-1)9-7-11-5-6-12-9;10-5-6-3-7-8(4-9-6)12-2-1-11-7/h1-7H;3-4,10H,1-2,5H2. The van der Waals surface area contributed by atoms with Crippen LogP contribution in [-0.4, -0.2) is 28.3 Å². The summed E-state index contributed by atoms with van der Waals surface area (Å²) in [4.78, 5) is 8.05. The second-order valence-corrected chi connectivity index (χ2v) is 4.70. The molecule has 2 aromatic rings. The summed E-state index contributed by atoms with van der Waals surface area (Å²) in [6.45, 7) is 1.05. The Bertz CT molecular complexity index is 731. The molecule has 0 saturated heterocycles. The van der Waals surface area contributed by atoms with Gasteiger partial charge in [-0.15, -0.1) is 0 Å². The number of aliphatic hydroxyl groups is 1. The first-order valence-corrected chi connectivity index (χ1v) is 7.31. The van der Waals surface area contributed by atoms with Gasteiger partial charge >= 0.3 is 0 Å². The van der Waals surface area contributed by atoms with Crippen molar-refractivity contribution in [2.75, 3.05) is 13.2 Å². The summed E-state index contributed by atoms with van der Waals surface area (Å²) in [6, 6.07) is 7.29. The van der Waals surface area contributed by atoms with Gasteiger partial charge in [-0.1, -0.05) is 6.07 Å². The molecule has 24 heavy (non-hydrogen) atoms. The zero-order valence-corrected chi connectivity index (χ0v) is 12.8. The highest BCUT2D eigenvalue weighted by Crippen LogP contribution is 2.29. The molecular weight excluding hydrogens is 312 g/mol. The molecule has 0 fully saturated rings. The Kier molecular flexibility index (Phi) is 5.26. The number of pyridine rings is 2. The Morgan fingerprint density at radius 2 is 1.92 bits per heavy atom. The average Bonchev–Trinajstić information content (AvgIpc) is 2.69. The number of hydrogen-bond acceptors (Lipinski definition) is 7. The molecule has 7 heteroatoms. The molecule has 4 rings (SSSR count). The van der Waals surface area contributed by atoms with Crippen molar-refractivity contribution in [1.29, 1.82) is 0 Å². The number of fused-ring (bicyclic) bond motifs is 1. The fraction of sp³-hybridized carbons (Fsp3) is 0.176. The van der Waals surface area contributed by atoms with E-state index >= 15 is 0 Å². The fourth-order valence-corrected chi connectivity index (χ4v) is 1.97. The Labute approximate surface area is 138 Å². The third-order valence-corrected chi connectivity index (χ3v) is 3.07. The van der Waals surface area contributed by atoms with Crippen LogP contribution in [0.3, 0.4) is 0 Å². The maximum absolute atomic E-state index is 8.78. The van der Waals surface area contributed by atoms with Gasteiger partial charge in [0.05, 0.1) is 18.5 Å². The molecule has 2 aliphatic heterocycles. The molecule has 1 N–H and O–H groups in total. The van der Waals surface area contributed by atoms with E-state index in [-0.39, 0.29) is 6.61 Å². The van der Waals surface area contributed by atoms with Crippen molar-refractivity contribution in [2.45, 2.75) is 6.61 Å². The largest absolute Gasteiger partial charge is 0.486 e. The van der Waals surface area contributed by atoms with Crippen molar-refractivity contribution in [3.63, 3.8) is 0 Å². The van der Waals surface area contributed by atoms with Crippen LogP contribution in [-0.2, 0) is 16.1 Å². The summed E-state index contributed by atoms with van der Waals surface area (Å²) in [5, 5.41) is 8.78. The van der Waals surface area contributed by atoms with Gasteiger partial charge in [-0.3, -0.25) is 9.97 Å². The van der Waals surface area contributed by atoms with Gasteiger partial charge in [0.1, 0.15) is 37.7 Å².